The molecule has 0 bridgehead atoms. The van der Waals surface area contributed by atoms with Crippen LogP contribution in [0, 0.1) is 5.92 Å². The number of esters is 1. The average molecular weight is 382 g/mol. The highest BCUT2D eigenvalue weighted by Crippen LogP contribution is 2.33. The van der Waals surface area contributed by atoms with E-state index in [4.69, 9.17) is 21.7 Å². The number of hydrogen-bond acceptors (Lipinski definition) is 6. The Labute approximate surface area is 158 Å². The van der Waals surface area contributed by atoms with Gasteiger partial charge in [0.1, 0.15) is 10.4 Å². The molecule has 0 aliphatic carbocycles. The van der Waals surface area contributed by atoms with Crippen LogP contribution in [-0.4, -0.2) is 46.1 Å². The molecule has 25 heavy (non-hydrogen) atoms. The zero-order chi connectivity index (χ0) is 18.6. The molecule has 136 valence electrons. The number of thiocarbonyl (C=S) groups is 1. The number of carbonyl (C=O) groups excluding carboxylic acids is 2. The molecule has 0 aromatic heterocycles. The number of nitrogens with zero attached hydrogens (tertiary/aromatic N) is 1. The van der Waals surface area contributed by atoms with Crippen molar-refractivity contribution in [3.63, 3.8) is 0 Å². The minimum absolute atomic E-state index is 0.0173. The minimum atomic E-state index is -1.08. The van der Waals surface area contributed by atoms with Crippen molar-refractivity contribution in [3.8, 4) is 0 Å². The van der Waals surface area contributed by atoms with Crippen LogP contribution >= 0.6 is 24.0 Å². The van der Waals surface area contributed by atoms with E-state index in [-0.39, 0.29) is 17.9 Å². The molecule has 1 aromatic rings. The summed E-state index contributed by atoms with van der Waals surface area (Å²) in [7, 11) is 1.50. The van der Waals surface area contributed by atoms with Gasteiger partial charge in [0.25, 0.3) is 5.91 Å². The van der Waals surface area contributed by atoms with E-state index in [2.05, 4.69) is 0 Å². The summed E-state index contributed by atoms with van der Waals surface area (Å²) in [6.07, 6.45) is -1.78. The SMILES string of the molecule is CO[C@H](c1ccccc1)[C@@H](OC(C)=O)C(=O)N1C(=S)SC[C@@H]1C(C)C. The molecule has 0 spiro atoms. The lowest BCUT2D eigenvalue weighted by Gasteiger charge is -2.32. The van der Waals surface area contributed by atoms with E-state index in [9.17, 15) is 9.59 Å². The Balaban J connectivity index is 2.37. The van der Waals surface area contributed by atoms with Crippen molar-refractivity contribution in [2.75, 3.05) is 12.9 Å². The van der Waals surface area contributed by atoms with Crippen LogP contribution in [-0.2, 0) is 19.1 Å². The van der Waals surface area contributed by atoms with Crippen molar-refractivity contribution >= 4 is 40.2 Å². The van der Waals surface area contributed by atoms with Crippen molar-refractivity contribution in [1.29, 1.82) is 0 Å². The third-order valence-electron chi connectivity index (χ3n) is 4.11. The fourth-order valence-corrected chi connectivity index (χ4v) is 4.46. The molecule has 1 fully saturated rings. The standard InChI is InChI=1S/C18H23NO4S2/c1-11(2)14-10-25-18(24)19(14)17(21)16(23-12(3)20)15(22-4)13-8-6-5-7-9-13/h5-9,11,14-16H,10H2,1-4H3/t14-,15-,16-/m1/s1. The smallest absolute Gasteiger partial charge is 0.303 e. The van der Waals surface area contributed by atoms with Crippen molar-refractivity contribution in [2.24, 2.45) is 5.92 Å². The number of methoxy groups -OCH3 is 1. The molecule has 1 heterocycles. The minimum Gasteiger partial charge on any atom is -0.449 e. The third kappa shape index (κ3) is 4.59. The number of amides is 1. The van der Waals surface area contributed by atoms with Gasteiger partial charge in [-0.25, -0.2) is 0 Å². The maximum atomic E-state index is 13.2. The van der Waals surface area contributed by atoms with Crippen LogP contribution in [0.25, 0.3) is 0 Å². The maximum Gasteiger partial charge on any atom is 0.303 e. The summed E-state index contributed by atoms with van der Waals surface area (Å²) in [6, 6.07) is 9.24. The van der Waals surface area contributed by atoms with Gasteiger partial charge < -0.3 is 9.47 Å². The molecule has 0 N–H and O–H groups in total. The van der Waals surface area contributed by atoms with Crippen molar-refractivity contribution in [1.82, 2.24) is 4.90 Å². The second-order valence-corrected chi connectivity index (χ2v) is 7.85. The molecule has 7 heteroatoms. The van der Waals surface area contributed by atoms with Crippen LogP contribution in [0.3, 0.4) is 0 Å². The van der Waals surface area contributed by atoms with E-state index in [1.165, 1.54) is 25.8 Å². The van der Waals surface area contributed by atoms with Gasteiger partial charge in [-0.2, -0.15) is 0 Å². The number of ether oxygens (including phenoxy) is 2. The van der Waals surface area contributed by atoms with E-state index in [1.54, 1.807) is 4.90 Å². The van der Waals surface area contributed by atoms with Crippen molar-refractivity contribution < 1.29 is 19.1 Å². The number of benzene rings is 1. The molecule has 3 atom stereocenters. The highest BCUT2D eigenvalue weighted by molar-refractivity contribution is 8.23. The first-order valence-corrected chi connectivity index (χ1v) is 9.51. The van der Waals surface area contributed by atoms with Gasteiger partial charge in [0.15, 0.2) is 0 Å². The Morgan fingerprint density at radius 3 is 2.44 bits per heavy atom. The highest BCUT2D eigenvalue weighted by Gasteiger charge is 2.43. The summed E-state index contributed by atoms with van der Waals surface area (Å²) < 4.78 is 11.4. The van der Waals surface area contributed by atoms with Crippen LogP contribution in [0.2, 0.25) is 0 Å². The lowest BCUT2D eigenvalue weighted by Crippen LogP contribution is -2.49. The molecule has 0 unspecified atom stereocenters. The van der Waals surface area contributed by atoms with E-state index >= 15 is 0 Å². The summed E-state index contributed by atoms with van der Waals surface area (Å²) in [4.78, 5) is 26.5. The summed E-state index contributed by atoms with van der Waals surface area (Å²) in [5, 5.41) is 0. The van der Waals surface area contributed by atoms with Gasteiger partial charge in [0.2, 0.25) is 6.10 Å². The van der Waals surface area contributed by atoms with Crippen LogP contribution in [0.15, 0.2) is 30.3 Å². The predicted octanol–water partition coefficient (Wildman–Crippen LogP) is 3.19. The Bertz CT molecular complexity index is 635. The molecule has 1 aliphatic heterocycles. The van der Waals surface area contributed by atoms with E-state index in [0.717, 1.165) is 11.3 Å². The van der Waals surface area contributed by atoms with Crippen molar-refractivity contribution in [3.05, 3.63) is 35.9 Å². The summed E-state index contributed by atoms with van der Waals surface area (Å²) in [5.41, 5.74) is 0.767. The van der Waals surface area contributed by atoms with Crippen LogP contribution in [0.5, 0.6) is 0 Å². The van der Waals surface area contributed by atoms with E-state index in [1.807, 2.05) is 44.2 Å². The molecule has 1 aliphatic rings. The first-order valence-electron chi connectivity index (χ1n) is 8.11. The highest BCUT2D eigenvalue weighted by atomic mass is 32.2. The van der Waals surface area contributed by atoms with Crippen LogP contribution in [0.1, 0.15) is 32.4 Å². The lowest BCUT2D eigenvalue weighted by atomic mass is 10.0. The molecule has 1 amide bonds. The number of thioether (sulfide) groups is 1. The molecular formula is C18H23NO4S2. The van der Waals surface area contributed by atoms with Gasteiger partial charge in [-0.1, -0.05) is 68.2 Å². The van der Waals surface area contributed by atoms with Gasteiger partial charge in [-0.05, 0) is 11.5 Å². The monoisotopic (exact) mass is 381 g/mol. The lowest BCUT2D eigenvalue weighted by molar-refractivity contribution is -0.167. The molecule has 1 saturated heterocycles. The van der Waals surface area contributed by atoms with Gasteiger partial charge in [-0.15, -0.1) is 0 Å². The molecule has 5 nitrogen and oxygen atoms in total. The first kappa shape index (κ1) is 19.9. The fourth-order valence-electron chi connectivity index (χ4n) is 2.81. The Hall–Kier alpha value is -1.44. The number of carbonyl (C=O) groups is 2. The van der Waals surface area contributed by atoms with Crippen LogP contribution in [0.4, 0.5) is 0 Å². The normalized spacial score (nSPS) is 19.8. The van der Waals surface area contributed by atoms with Gasteiger partial charge in [0.05, 0.1) is 6.04 Å². The van der Waals surface area contributed by atoms with E-state index < -0.39 is 18.2 Å². The van der Waals surface area contributed by atoms with Crippen molar-refractivity contribution in [2.45, 2.75) is 39.0 Å². The van der Waals surface area contributed by atoms with Gasteiger partial charge in [-0.3, -0.25) is 14.5 Å². The molecule has 1 aromatic carbocycles. The number of hydrogen-bond donors (Lipinski definition) is 0. The Kier molecular flexibility index (Phi) is 6.98. The Morgan fingerprint density at radius 1 is 1.28 bits per heavy atom. The second-order valence-electron chi connectivity index (χ2n) is 6.19. The average Bonchev–Trinajstić information content (AvgIpc) is 2.96. The van der Waals surface area contributed by atoms with Gasteiger partial charge in [0, 0.05) is 19.8 Å². The largest absolute Gasteiger partial charge is 0.449 e. The fraction of sp³-hybridized carbons (Fsp3) is 0.500. The predicted molar refractivity (Wildman–Crippen MR) is 102 cm³/mol. The second kappa shape index (κ2) is 8.78. The quantitative estimate of drug-likeness (QED) is 0.557. The number of rotatable bonds is 6. The van der Waals surface area contributed by atoms with E-state index in [0.29, 0.717) is 4.32 Å². The molecule has 0 radical (unpaired) electrons. The Morgan fingerprint density at radius 2 is 1.92 bits per heavy atom. The molecular weight excluding hydrogens is 358 g/mol. The molecule has 0 saturated carbocycles. The third-order valence-corrected chi connectivity index (χ3v) is 5.61. The topological polar surface area (TPSA) is 55.8 Å². The zero-order valence-corrected chi connectivity index (χ0v) is 16.4. The summed E-state index contributed by atoms with van der Waals surface area (Å²) in [6.45, 7) is 5.38. The van der Waals surface area contributed by atoms with Gasteiger partial charge >= 0.3 is 5.97 Å². The summed E-state index contributed by atoms with van der Waals surface area (Å²) >= 11 is 6.85. The van der Waals surface area contributed by atoms with Crippen LogP contribution < -0.4 is 0 Å². The first-order chi connectivity index (χ1) is 11.9. The summed E-state index contributed by atoms with van der Waals surface area (Å²) in [5.74, 6) is 0.125. The maximum absolute atomic E-state index is 13.2. The zero-order valence-electron chi connectivity index (χ0n) is 14.8. The molecule has 2 rings (SSSR count).